The smallest absolute Gasteiger partial charge is 0.335 e. The van der Waals surface area contributed by atoms with Crippen LogP contribution in [-0.2, 0) is 6.54 Å². The van der Waals surface area contributed by atoms with Crippen LogP contribution in [-0.4, -0.2) is 31.2 Å². The predicted molar refractivity (Wildman–Crippen MR) is 84.1 cm³/mol. The van der Waals surface area contributed by atoms with Crippen LogP contribution in [0.1, 0.15) is 26.3 Å². The van der Waals surface area contributed by atoms with Crippen molar-refractivity contribution in [3.05, 3.63) is 59.2 Å². The Morgan fingerprint density at radius 1 is 1.00 bits per heavy atom. The Morgan fingerprint density at radius 3 is 2.22 bits per heavy atom. The van der Waals surface area contributed by atoms with Gasteiger partial charge in [-0.1, -0.05) is 12.1 Å². The van der Waals surface area contributed by atoms with E-state index in [1.807, 2.05) is 0 Å². The van der Waals surface area contributed by atoms with Crippen molar-refractivity contribution in [1.29, 1.82) is 0 Å². The molecule has 2 N–H and O–H groups in total. The average Bonchev–Trinajstić information content (AvgIpc) is 2.59. The van der Waals surface area contributed by atoms with Gasteiger partial charge in [-0.2, -0.15) is 0 Å². The Morgan fingerprint density at radius 2 is 1.65 bits per heavy atom. The molecule has 1 amide bonds. The molecule has 0 spiro atoms. The van der Waals surface area contributed by atoms with E-state index < -0.39 is 5.97 Å². The van der Waals surface area contributed by atoms with Crippen molar-refractivity contribution < 1.29 is 24.2 Å². The Balaban J connectivity index is 2.10. The number of carbonyl (C=O) groups excluding carboxylic acids is 1. The maximum Gasteiger partial charge on any atom is 0.335 e. The Bertz CT molecular complexity index is 704. The highest BCUT2D eigenvalue weighted by Gasteiger charge is 2.10. The number of carboxylic acids is 1. The summed E-state index contributed by atoms with van der Waals surface area (Å²) in [5.74, 6) is -0.275. The van der Waals surface area contributed by atoms with Crippen molar-refractivity contribution in [2.45, 2.75) is 6.54 Å². The van der Waals surface area contributed by atoms with Gasteiger partial charge in [0.1, 0.15) is 11.5 Å². The summed E-state index contributed by atoms with van der Waals surface area (Å²) in [5.41, 5.74) is 1.28. The zero-order valence-corrected chi connectivity index (χ0v) is 12.8. The van der Waals surface area contributed by atoms with Crippen LogP contribution in [0.15, 0.2) is 42.5 Å². The molecule has 0 fully saturated rings. The molecule has 0 radical (unpaired) electrons. The van der Waals surface area contributed by atoms with E-state index in [-0.39, 0.29) is 18.0 Å². The number of carbonyl (C=O) groups is 2. The van der Waals surface area contributed by atoms with E-state index in [9.17, 15) is 9.59 Å². The fourth-order valence-corrected chi connectivity index (χ4v) is 2.04. The van der Waals surface area contributed by atoms with Gasteiger partial charge in [-0.3, -0.25) is 4.79 Å². The highest BCUT2D eigenvalue weighted by Crippen LogP contribution is 2.22. The topological polar surface area (TPSA) is 84.9 Å². The summed E-state index contributed by atoms with van der Waals surface area (Å²) in [7, 11) is 3.02. The van der Waals surface area contributed by atoms with Gasteiger partial charge < -0.3 is 19.9 Å². The minimum absolute atomic E-state index is 0.180. The lowest BCUT2D eigenvalue weighted by molar-refractivity contribution is 0.0696. The van der Waals surface area contributed by atoms with E-state index in [1.165, 1.54) is 26.4 Å². The summed E-state index contributed by atoms with van der Waals surface area (Å²) < 4.78 is 10.3. The van der Waals surface area contributed by atoms with Crippen molar-refractivity contribution in [1.82, 2.24) is 5.32 Å². The van der Waals surface area contributed by atoms with Gasteiger partial charge in [0, 0.05) is 18.2 Å². The maximum absolute atomic E-state index is 12.2. The maximum atomic E-state index is 12.2. The number of carboxylic acid groups (broad SMARTS) is 1. The lowest BCUT2D eigenvalue weighted by Gasteiger charge is -2.09. The number of aromatic carboxylic acids is 1. The summed E-state index contributed by atoms with van der Waals surface area (Å²) in [4.78, 5) is 23.2. The second-order valence-corrected chi connectivity index (χ2v) is 4.79. The zero-order valence-electron chi connectivity index (χ0n) is 12.8. The summed E-state index contributed by atoms with van der Waals surface area (Å²) in [6.07, 6.45) is 0. The van der Waals surface area contributed by atoms with E-state index in [4.69, 9.17) is 14.6 Å². The number of amides is 1. The number of benzene rings is 2. The summed E-state index contributed by atoms with van der Waals surface area (Å²) in [5, 5.41) is 11.7. The van der Waals surface area contributed by atoms with E-state index >= 15 is 0 Å². The Labute approximate surface area is 133 Å². The first kappa shape index (κ1) is 16.4. The van der Waals surface area contributed by atoms with Gasteiger partial charge in [0.05, 0.1) is 19.8 Å². The quantitative estimate of drug-likeness (QED) is 0.854. The molecule has 0 aliphatic rings. The van der Waals surface area contributed by atoms with E-state index in [1.54, 1.807) is 30.3 Å². The first-order chi connectivity index (χ1) is 11.0. The third kappa shape index (κ3) is 4.23. The molecular formula is C17H17NO5. The SMILES string of the molecule is COc1cc(OC)cc(C(=O)NCc2cccc(C(=O)O)c2)c1. The summed E-state index contributed by atoms with van der Waals surface area (Å²) in [6.45, 7) is 0.222. The first-order valence-corrected chi connectivity index (χ1v) is 6.87. The van der Waals surface area contributed by atoms with E-state index in [2.05, 4.69) is 5.32 Å². The molecular weight excluding hydrogens is 298 g/mol. The predicted octanol–water partition coefficient (Wildman–Crippen LogP) is 2.33. The van der Waals surface area contributed by atoms with Gasteiger partial charge >= 0.3 is 5.97 Å². The van der Waals surface area contributed by atoms with Crippen LogP contribution >= 0.6 is 0 Å². The standard InChI is InChI=1S/C17H17NO5/c1-22-14-7-13(8-15(9-14)23-2)16(19)18-10-11-4-3-5-12(6-11)17(20)21/h3-9H,10H2,1-2H3,(H,18,19)(H,20,21). The Kier molecular flexibility index (Phi) is 5.19. The van der Waals surface area contributed by atoms with Crippen LogP contribution in [0.3, 0.4) is 0 Å². The van der Waals surface area contributed by atoms with Gasteiger partial charge in [-0.25, -0.2) is 4.79 Å². The molecule has 2 aromatic carbocycles. The van der Waals surface area contributed by atoms with Gasteiger partial charge in [0.15, 0.2) is 0 Å². The second kappa shape index (κ2) is 7.31. The lowest BCUT2D eigenvalue weighted by Crippen LogP contribution is -2.23. The average molecular weight is 315 g/mol. The zero-order chi connectivity index (χ0) is 16.8. The van der Waals surface area contributed by atoms with Crippen LogP contribution in [0.4, 0.5) is 0 Å². The second-order valence-electron chi connectivity index (χ2n) is 4.79. The van der Waals surface area contributed by atoms with Crippen LogP contribution in [0, 0.1) is 0 Å². The molecule has 6 nitrogen and oxygen atoms in total. The number of nitrogens with one attached hydrogen (secondary N) is 1. The molecule has 120 valence electrons. The molecule has 6 heteroatoms. The molecule has 0 saturated carbocycles. The fraction of sp³-hybridized carbons (Fsp3) is 0.176. The molecule has 0 unspecified atom stereocenters. The van der Waals surface area contributed by atoms with Crippen molar-refractivity contribution in [3.63, 3.8) is 0 Å². The summed E-state index contributed by atoms with van der Waals surface area (Å²) >= 11 is 0. The van der Waals surface area contributed by atoms with Crippen LogP contribution < -0.4 is 14.8 Å². The van der Waals surface area contributed by atoms with E-state index in [0.29, 0.717) is 22.6 Å². The largest absolute Gasteiger partial charge is 0.497 e. The summed E-state index contributed by atoms with van der Waals surface area (Å²) in [6, 6.07) is 11.3. The van der Waals surface area contributed by atoms with Crippen molar-refractivity contribution in [2.24, 2.45) is 0 Å². The minimum Gasteiger partial charge on any atom is -0.497 e. The number of rotatable bonds is 6. The molecule has 0 atom stereocenters. The van der Waals surface area contributed by atoms with Crippen LogP contribution in [0.2, 0.25) is 0 Å². The lowest BCUT2D eigenvalue weighted by atomic mass is 10.1. The molecule has 23 heavy (non-hydrogen) atoms. The van der Waals surface area contributed by atoms with Gasteiger partial charge in [-0.15, -0.1) is 0 Å². The van der Waals surface area contributed by atoms with Gasteiger partial charge in [0.2, 0.25) is 0 Å². The third-order valence-electron chi connectivity index (χ3n) is 3.24. The molecule has 0 aliphatic heterocycles. The highest BCUT2D eigenvalue weighted by atomic mass is 16.5. The molecule has 0 saturated heterocycles. The third-order valence-corrected chi connectivity index (χ3v) is 3.24. The number of methoxy groups -OCH3 is 2. The molecule has 0 aliphatic carbocycles. The molecule has 2 rings (SSSR count). The Hall–Kier alpha value is -3.02. The molecule has 0 bridgehead atoms. The number of hydrogen-bond donors (Lipinski definition) is 2. The number of hydrogen-bond acceptors (Lipinski definition) is 4. The van der Waals surface area contributed by atoms with Crippen LogP contribution in [0.5, 0.6) is 11.5 Å². The van der Waals surface area contributed by atoms with Crippen molar-refractivity contribution >= 4 is 11.9 Å². The van der Waals surface area contributed by atoms with Gasteiger partial charge in [0.25, 0.3) is 5.91 Å². The monoisotopic (exact) mass is 315 g/mol. The minimum atomic E-state index is -1.00. The van der Waals surface area contributed by atoms with Crippen LogP contribution in [0.25, 0.3) is 0 Å². The highest BCUT2D eigenvalue weighted by molar-refractivity contribution is 5.95. The molecule has 2 aromatic rings. The fourth-order valence-electron chi connectivity index (χ4n) is 2.04. The molecule has 0 heterocycles. The normalized spacial score (nSPS) is 10.0. The first-order valence-electron chi connectivity index (χ1n) is 6.87. The van der Waals surface area contributed by atoms with Crippen molar-refractivity contribution in [3.8, 4) is 11.5 Å². The van der Waals surface area contributed by atoms with E-state index in [0.717, 1.165) is 0 Å². The van der Waals surface area contributed by atoms with Crippen molar-refractivity contribution in [2.75, 3.05) is 14.2 Å². The number of ether oxygens (including phenoxy) is 2. The van der Waals surface area contributed by atoms with Gasteiger partial charge in [-0.05, 0) is 29.8 Å². The molecule has 0 aromatic heterocycles.